The van der Waals surface area contributed by atoms with Gasteiger partial charge in [-0.25, -0.2) is 4.98 Å². The third-order valence-electron chi connectivity index (χ3n) is 3.66. The first-order valence-corrected chi connectivity index (χ1v) is 8.03. The second kappa shape index (κ2) is 6.36. The van der Waals surface area contributed by atoms with Crippen LogP contribution in [-0.4, -0.2) is 31.2 Å². The first kappa shape index (κ1) is 14.8. The van der Waals surface area contributed by atoms with Crippen molar-refractivity contribution in [3.63, 3.8) is 0 Å². The quantitative estimate of drug-likeness (QED) is 0.940. The van der Waals surface area contributed by atoms with Crippen LogP contribution in [0, 0.1) is 12.8 Å². The highest BCUT2D eigenvalue weighted by Gasteiger charge is 2.21. The summed E-state index contributed by atoms with van der Waals surface area (Å²) in [6, 6.07) is 5.86. The summed E-state index contributed by atoms with van der Waals surface area (Å²) in [5, 5.41) is 5.61. The van der Waals surface area contributed by atoms with Gasteiger partial charge < -0.3 is 14.8 Å². The number of nitrogens with one attached hydrogen (secondary N) is 1. The van der Waals surface area contributed by atoms with Gasteiger partial charge in [-0.1, -0.05) is 6.07 Å². The summed E-state index contributed by atoms with van der Waals surface area (Å²) in [7, 11) is 1.64. The Hall–Kier alpha value is -2.08. The summed E-state index contributed by atoms with van der Waals surface area (Å²) < 4.78 is 11.0. The maximum absolute atomic E-state index is 12.0. The van der Waals surface area contributed by atoms with Crippen LogP contribution in [0.25, 0.3) is 0 Å². The molecule has 1 aliphatic rings. The second-order valence-corrected chi connectivity index (χ2v) is 6.38. The van der Waals surface area contributed by atoms with Crippen LogP contribution in [0.4, 0.5) is 0 Å². The Morgan fingerprint density at radius 1 is 1.55 bits per heavy atom. The summed E-state index contributed by atoms with van der Waals surface area (Å²) in [4.78, 5) is 16.2. The van der Waals surface area contributed by atoms with Gasteiger partial charge in [0, 0.05) is 23.9 Å². The zero-order valence-corrected chi connectivity index (χ0v) is 13.4. The normalized spacial score (nSPS) is 16.5. The van der Waals surface area contributed by atoms with Gasteiger partial charge in [-0.2, -0.15) is 0 Å². The molecule has 116 valence electrons. The molecule has 6 heteroatoms. The number of hydrogen-bond acceptors (Lipinski definition) is 5. The molecule has 22 heavy (non-hydrogen) atoms. The van der Waals surface area contributed by atoms with Crippen molar-refractivity contribution in [2.75, 3.05) is 20.3 Å². The van der Waals surface area contributed by atoms with Crippen molar-refractivity contribution in [3.8, 4) is 11.5 Å². The van der Waals surface area contributed by atoms with Crippen LogP contribution in [0.15, 0.2) is 23.6 Å². The number of carbonyl (C=O) groups is 1. The van der Waals surface area contributed by atoms with E-state index < -0.39 is 0 Å². The molecule has 2 aromatic rings. The van der Waals surface area contributed by atoms with E-state index in [1.807, 2.05) is 25.1 Å². The third kappa shape index (κ3) is 3.22. The minimum atomic E-state index is -0.120. The molecule has 3 rings (SSSR count). The highest BCUT2D eigenvalue weighted by molar-refractivity contribution is 7.09. The highest BCUT2D eigenvalue weighted by atomic mass is 32.1. The average molecular weight is 318 g/mol. The van der Waals surface area contributed by atoms with E-state index in [0.717, 1.165) is 28.5 Å². The van der Waals surface area contributed by atoms with Gasteiger partial charge in [0.1, 0.15) is 17.2 Å². The van der Waals surface area contributed by atoms with Gasteiger partial charge in [-0.3, -0.25) is 4.79 Å². The topological polar surface area (TPSA) is 60.5 Å². The van der Waals surface area contributed by atoms with E-state index in [0.29, 0.717) is 18.8 Å². The van der Waals surface area contributed by atoms with Gasteiger partial charge in [0.05, 0.1) is 18.7 Å². The van der Waals surface area contributed by atoms with Gasteiger partial charge in [0.25, 0.3) is 5.91 Å². The number of hydrogen-bond donors (Lipinski definition) is 1. The Morgan fingerprint density at radius 3 is 3.14 bits per heavy atom. The number of benzene rings is 1. The fraction of sp³-hybridized carbons (Fsp3) is 0.375. The van der Waals surface area contributed by atoms with E-state index in [-0.39, 0.29) is 11.8 Å². The van der Waals surface area contributed by atoms with Crippen LogP contribution in [-0.2, 0) is 6.42 Å². The number of aryl methyl sites for hydroxylation is 1. The zero-order chi connectivity index (χ0) is 15.5. The SMILES string of the molecule is COc1ccc2c(c1)OC[C@H](CNC(=O)c1csc(C)n1)C2. The van der Waals surface area contributed by atoms with Crippen molar-refractivity contribution in [2.45, 2.75) is 13.3 Å². The number of nitrogens with zero attached hydrogens (tertiary/aromatic N) is 1. The lowest BCUT2D eigenvalue weighted by Crippen LogP contribution is -2.34. The molecule has 0 fully saturated rings. The summed E-state index contributed by atoms with van der Waals surface area (Å²) in [5.74, 6) is 1.82. The first-order chi connectivity index (χ1) is 10.7. The predicted octanol–water partition coefficient (Wildman–Crippen LogP) is 2.44. The Morgan fingerprint density at radius 2 is 2.41 bits per heavy atom. The number of rotatable bonds is 4. The molecule has 1 aromatic heterocycles. The van der Waals surface area contributed by atoms with Crippen molar-refractivity contribution in [1.29, 1.82) is 0 Å². The van der Waals surface area contributed by atoms with Gasteiger partial charge in [0.2, 0.25) is 0 Å². The predicted molar refractivity (Wildman–Crippen MR) is 84.9 cm³/mol. The molecule has 5 nitrogen and oxygen atoms in total. The Balaban J connectivity index is 1.57. The number of carbonyl (C=O) groups excluding carboxylic acids is 1. The fourth-order valence-electron chi connectivity index (χ4n) is 2.47. The number of amides is 1. The Labute approximate surface area is 133 Å². The van der Waals surface area contributed by atoms with Gasteiger partial charge in [0.15, 0.2) is 0 Å². The van der Waals surface area contributed by atoms with Crippen molar-refractivity contribution >= 4 is 17.2 Å². The van der Waals surface area contributed by atoms with E-state index in [1.54, 1.807) is 12.5 Å². The van der Waals surface area contributed by atoms with Crippen LogP contribution in [0.2, 0.25) is 0 Å². The van der Waals surface area contributed by atoms with E-state index >= 15 is 0 Å². The van der Waals surface area contributed by atoms with E-state index in [2.05, 4.69) is 10.3 Å². The molecule has 1 aromatic carbocycles. The number of methoxy groups -OCH3 is 1. The summed E-state index contributed by atoms with van der Waals surface area (Å²) in [5.41, 5.74) is 1.64. The molecular formula is C16H18N2O3S. The molecule has 0 bridgehead atoms. The molecule has 0 saturated heterocycles. The smallest absolute Gasteiger partial charge is 0.270 e. The maximum atomic E-state index is 12.0. The lowest BCUT2D eigenvalue weighted by atomic mass is 9.96. The molecule has 2 heterocycles. The molecule has 0 aliphatic carbocycles. The van der Waals surface area contributed by atoms with Crippen molar-refractivity contribution in [3.05, 3.63) is 39.8 Å². The van der Waals surface area contributed by atoms with Crippen LogP contribution in [0.5, 0.6) is 11.5 Å². The first-order valence-electron chi connectivity index (χ1n) is 7.15. The van der Waals surface area contributed by atoms with Crippen molar-refractivity contribution in [2.24, 2.45) is 5.92 Å². The van der Waals surface area contributed by atoms with Crippen LogP contribution in [0.3, 0.4) is 0 Å². The number of thiazole rings is 1. The molecule has 0 spiro atoms. The molecule has 0 unspecified atom stereocenters. The highest BCUT2D eigenvalue weighted by Crippen LogP contribution is 2.30. The molecule has 1 amide bonds. The Kier molecular flexibility index (Phi) is 4.29. The summed E-state index contributed by atoms with van der Waals surface area (Å²) >= 11 is 1.48. The third-order valence-corrected chi connectivity index (χ3v) is 4.43. The van der Waals surface area contributed by atoms with Crippen molar-refractivity contribution < 1.29 is 14.3 Å². The van der Waals surface area contributed by atoms with Gasteiger partial charge >= 0.3 is 0 Å². The maximum Gasteiger partial charge on any atom is 0.270 e. The molecule has 1 aliphatic heterocycles. The zero-order valence-electron chi connectivity index (χ0n) is 12.6. The van der Waals surface area contributed by atoms with Crippen LogP contribution in [0.1, 0.15) is 21.1 Å². The summed E-state index contributed by atoms with van der Waals surface area (Å²) in [6.45, 7) is 3.07. The standard InChI is InChI=1S/C16H18N2O3S/c1-10-18-14(9-22-10)16(19)17-7-11-5-12-3-4-13(20-2)6-15(12)21-8-11/h3-4,6,9,11H,5,7-8H2,1-2H3,(H,17,19)/t11-/m0/s1. The van der Waals surface area contributed by atoms with E-state index in [9.17, 15) is 4.79 Å². The number of fused-ring (bicyclic) bond motifs is 1. The van der Waals surface area contributed by atoms with Crippen molar-refractivity contribution in [1.82, 2.24) is 10.3 Å². The van der Waals surface area contributed by atoms with E-state index in [1.165, 1.54) is 11.3 Å². The van der Waals surface area contributed by atoms with Gasteiger partial charge in [-0.05, 0) is 25.0 Å². The minimum absolute atomic E-state index is 0.120. The Bertz CT molecular complexity index is 684. The fourth-order valence-corrected chi connectivity index (χ4v) is 3.06. The monoisotopic (exact) mass is 318 g/mol. The van der Waals surface area contributed by atoms with Crippen LogP contribution < -0.4 is 14.8 Å². The molecule has 0 saturated carbocycles. The lowest BCUT2D eigenvalue weighted by Gasteiger charge is -2.25. The number of ether oxygens (including phenoxy) is 2. The second-order valence-electron chi connectivity index (χ2n) is 5.32. The minimum Gasteiger partial charge on any atom is -0.497 e. The lowest BCUT2D eigenvalue weighted by molar-refractivity contribution is 0.0934. The van der Waals surface area contributed by atoms with E-state index in [4.69, 9.17) is 9.47 Å². The molecule has 1 N–H and O–H groups in total. The summed E-state index contributed by atoms with van der Waals surface area (Å²) in [6.07, 6.45) is 0.885. The van der Waals surface area contributed by atoms with Gasteiger partial charge in [-0.15, -0.1) is 11.3 Å². The molecule has 0 radical (unpaired) electrons. The largest absolute Gasteiger partial charge is 0.497 e. The van der Waals surface area contributed by atoms with Crippen LogP contribution >= 0.6 is 11.3 Å². The number of aromatic nitrogens is 1. The molecular weight excluding hydrogens is 300 g/mol. The molecule has 1 atom stereocenters. The average Bonchev–Trinajstić information content (AvgIpc) is 2.98.